The molecule has 0 radical (unpaired) electrons. The van der Waals surface area contributed by atoms with E-state index in [1.165, 1.54) is 11.3 Å². The number of rotatable bonds is 5. The van der Waals surface area contributed by atoms with E-state index in [0.29, 0.717) is 23.2 Å². The molecule has 5 nitrogen and oxygen atoms in total. The van der Waals surface area contributed by atoms with Gasteiger partial charge in [-0.25, -0.2) is 9.97 Å². The minimum Gasteiger partial charge on any atom is -0.503 e. The van der Waals surface area contributed by atoms with E-state index in [4.69, 9.17) is 4.74 Å². The number of benzene rings is 1. The number of hydrogen-bond donors (Lipinski definition) is 2. The lowest BCUT2D eigenvalue weighted by Gasteiger charge is -2.07. The van der Waals surface area contributed by atoms with Crippen LogP contribution in [0, 0.1) is 6.92 Å². The number of nitrogens with zero attached hydrogens (tertiary/aromatic N) is 2. The van der Waals surface area contributed by atoms with E-state index in [1.807, 2.05) is 32.2 Å². The lowest BCUT2D eigenvalue weighted by Crippen LogP contribution is -2.17. The Labute approximate surface area is 144 Å². The second-order valence-corrected chi connectivity index (χ2v) is 6.70. The second-order valence-electron chi connectivity index (χ2n) is 5.46. The minimum atomic E-state index is 0.0467. The lowest BCUT2D eigenvalue weighted by atomic mass is 10.2. The molecule has 2 aromatic heterocycles. The zero-order valence-electron chi connectivity index (χ0n) is 13.8. The predicted octanol–water partition coefficient (Wildman–Crippen LogP) is 4.12. The summed E-state index contributed by atoms with van der Waals surface area (Å²) in [5.41, 5.74) is 1.55. The topological polar surface area (TPSA) is 67.3 Å². The third kappa shape index (κ3) is 3.55. The fraction of sp³-hybridized carbons (Fsp3) is 0.222. The molecule has 0 fully saturated rings. The van der Waals surface area contributed by atoms with Crippen LogP contribution in [-0.2, 0) is 0 Å². The minimum absolute atomic E-state index is 0.0467. The average Bonchev–Trinajstić information content (AvgIpc) is 2.98. The molecule has 3 aromatic rings. The van der Waals surface area contributed by atoms with Gasteiger partial charge in [-0.3, -0.25) is 0 Å². The van der Waals surface area contributed by atoms with Crippen molar-refractivity contribution in [2.45, 2.75) is 19.9 Å². The van der Waals surface area contributed by atoms with Gasteiger partial charge in [0, 0.05) is 18.3 Å². The Bertz CT molecular complexity index is 872. The maximum Gasteiger partial charge on any atom is 0.219 e. The van der Waals surface area contributed by atoms with Crippen molar-refractivity contribution in [3.8, 4) is 17.4 Å². The Kier molecular flexibility index (Phi) is 4.78. The third-order valence-corrected chi connectivity index (χ3v) is 4.55. The van der Waals surface area contributed by atoms with Crippen molar-refractivity contribution in [1.82, 2.24) is 15.3 Å². The molecule has 124 valence electrons. The number of phenolic OH excluding ortho intramolecular Hbond substituents is 1. The first kappa shape index (κ1) is 16.4. The van der Waals surface area contributed by atoms with Crippen LogP contribution < -0.4 is 10.1 Å². The van der Waals surface area contributed by atoms with Crippen LogP contribution in [0.15, 0.2) is 36.5 Å². The van der Waals surface area contributed by atoms with Crippen LogP contribution in [-0.4, -0.2) is 28.2 Å². The summed E-state index contributed by atoms with van der Waals surface area (Å²) in [6.07, 6.45) is 5.79. The predicted molar refractivity (Wildman–Crippen MR) is 97.9 cm³/mol. The number of aryl methyl sites for hydroxylation is 1. The summed E-state index contributed by atoms with van der Waals surface area (Å²) >= 11 is 1.54. The molecule has 0 saturated carbocycles. The van der Waals surface area contributed by atoms with Crippen LogP contribution in [0.4, 0.5) is 0 Å². The zero-order chi connectivity index (χ0) is 17.1. The normalized spacial score (nSPS) is 12.8. The molecule has 0 aliphatic heterocycles. The highest BCUT2D eigenvalue weighted by Crippen LogP contribution is 2.38. The molecule has 0 aliphatic carbocycles. The molecule has 0 spiro atoms. The van der Waals surface area contributed by atoms with E-state index < -0.39 is 0 Å². The van der Waals surface area contributed by atoms with Crippen LogP contribution in [0.2, 0.25) is 0 Å². The van der Waals surface area contributed by atoms with Gasteiger partial charge in [0.15, 0.2) is 11.5 Å². The standard InChI is InChI=1S/C18H19N3O2S/c1-11(19-3)4-5-13-6-9-16(20-10-13)23-14-7-8-15-17(18(14)22)21-12(2)24-15/h4-11,19,22H,1-3H3/b5-4+/t11-/m0/s1. The molecular weight excluding hydrogens is 322 g/mol. The van der Waals surface area contributed by atoms with Gasteiger partial charge in [0.1, 0.15) is 5.52 Å². The highest BCUT2D eigenvalue weighted by molar-refractivity contribution is 7.18. The molecular formula is C18H19N3O2S. The Hall–Kier alpha value is -2.44. The maximum atomic E-state index is 10.3. The smallest absolute Gasteiger partial charge is 0.219 e. The van der Waals surface area contributed by atoms with Crippen molar-refractivity contribution in [3.63, 3.8) is 0 Å². The maximum absolute atomic E-state index is 10.3. The van der Waals surface area contributed by atoms with Crippen LogP contribution in [0.3, 0.4) is 0 Å². The highest BCUT2D eigenvalue weighted by atomic mass is 32.1. The first-order valence-corrected chi connectivity index (χ1v) is 8.47. The summed E-state index contributed by atoms with van der Waals surface area (Å²) in [5.74, 6) is 0.827. The SMILES string of the molecule is CN[C@@H](C)/C=C/c1ccc(Oc2ccc3sc(C)nc3c2O)nc1. The van der Waals surface area contributed by atoms with E-state index in [1.54, 1.807) is 18.3 Å². The Morgan fingerprint density at radius 2 is 2.12 bits per heavy atom. The number of nitrogens with one attached hydrogen (secondary N) is 1. The number of fused-ring (bicyclic) bond motifs is 1. The van der Waals surface area contributed by atoms with Crippen LogP contribution in [0.25, 0.3) is 16.3 Å². The van der Waals surface area contributed by atoms with Gasteiger partial charge in [-0.05, 0) is 44.7 Å². The van der Waals surface area contributed by atoms with E-state index in [0.717, 1.165) is 15.3 Å². The molecule has 0 amide bonds. The van der Waals surface area contributed by atoms with Gasteiger partial charge in [-0.15, -0.1) is 11.3 Å². The van der Waals surface area contributed by atoms with Gasteiger partial charge >= 0.3 is 0 Å². The first-order valence-electron chi connectivity index (χ1n) is 7.65. The Morgan fingerprint density at radius 1 is 1.29 bits per heavy atom. The first-order chi connectivity index (χ1) is 11.6. The van der Waals surface area contributed by atoms with E-state index in [-0.39, 0.29) is 5.75 Å². The van der Waals surface area contributed by atoms with Gasteiger partial charge in [0.25, 0.3) is 0 Å². The second kappa shape index (κ2) is 6.98. The number of likely N-dealkylation sites (N-methyl/N-ethyl adjacent to an activating group) is 1. The fourth-order valence-electron chi connectivity index (χ4n) is 2.17. The number of phenols is 1. The van der Waals surface area contributed by atoms with E-state index in [9.17, 15) is 5.11 Å². The summed E-state index contributed by atoms with van der Waals surface area (Å²) in [5, 5.41) is 14.4. The molecule has 1 aromatic carbocycles. The molecule has 0 saturated heterocycles. The summed E-state index contributed by atoms with van der Waals surface area (Å²) in [4.78, 5) is 8.61. The molecule has 6 heteroatoms. The van der Waals surface area contributed by atoms with Gasteiger partial charge in [0.05, 0.1) is 9.71 Å². The number of aromatic hydroxyl groups is 1. The van der Waals surface area contributed by atoms with Gasteiger partial charge in [-0.1, -0.05) is 12.2 Å². The van der Waals surface area contributed by atoms with Crippen LogP contribution in [0.1, 0.15) is 17.5 Å². The molecule has 24 heavy (non-hydrogen) atoms. The number of pyridine rings is 1. The molecule has 2 N–H and O–H groups in total. The number of thiazole rings is 1. The Balaban J connectivity index is 1.79. The van der Waals surface area contributed by atoms with Crippen molar-refractivity contribution >= 4 is 27.6 Å². The highest BCUT2D eigenvalue weighted by Gasteiger charge is 2.12. The molecule has 1 atom stereocenters. The molecule has 2 heterocycles. The summed E-state index contributed by atoms with van der Waals surface area (Å²) in [6.45, 7) is 3.98. The van der Waals surface area contributed by atoms with Crippen molar-refractivity contribution in [1.29, 1.82) is 0 Å². The fourth-order valence-corrected chi connectivity index (χ4v) is 3.00. The Morgan fingerprint density at radius 3 is 2.83 bits per heavy atom. The molecule has 0 bridgehead atoms. The van der Waals surface area contributed by atoms with Gasteiger partial charge in [-0.2, -0.15) is 0 Å². The number of ether oxygens (including phenoxy) is 1. The van der Waals surface area contributed by atoms with Crippen molar-refractivity contribution in [2.75, 3.05) is 7.05 Å². The van der Waals surface area contributed by atoms with Crippen LogP contribution in [0.5, 0.6) is 17.4 Å². The zero-order valence-corrected chi connectivity index (χ0v) is 14.6. The van der Waals surface area contributed by atoms with E-state index >= 15 is 0 Å². The van der Waals surface area contributed by atoms with Crippen LogP contribution >= 0.6 is 11.3 Å². The summed E-state index contributed by atoms with van der Waals surface area (Å²) in [6, 6.07) is 7.62. The monoisotopic (exact) mass is 341 g/mol. The van der Waals surface area contributed by atoms with Crippen molar-refractivity contribution in [3.05, 3.63) is 47.1 Å². The number of hydrogen-bond acceptors (Lipinski definition) is 6. The largest absolute Gasteiger partial charge is 0.503 e. The quantitative estimate of drug-likeness (QED) is 0.731. The lowest BCUT2D eigenvalue weighted by molar-refractivity contribution is 0.406. The molecule has 3 rings (SSSR count). The average molecular weight is 341 g/mol. The van der Waals surface area contributed by atoms with Gasteiger partial charge in [0.2, 0.25) is 5.88 Å². The molecule has 0 aliphatic rings. The summed E-state index contributed by atoms with van der Waals surface area (Å²) in [7, 11) is 1.91. The summed E-state index contributed by atoms with van der Waals surface area (Å²) < 4.78 is 6.63. The van der Waals surface area contributed by atoms with Gasteiger partial charge < -0.3 is 15.2 Å². The van der Waals surface area contributed by atoms with Crippen molar-refractivity contribution < 1.29 is 9.84 Å². The van der Waals surface area contributed by atoms with Crippen molar-refractivity contribution in [2.24, 2.45) is 0 Å². The number of aromatic nitrogens is 2. The van der Waals surface area contributed by atoms with E-state index in [2.05, 4.69) is 28.3 Å². The third-order valence-electron chi connectivity index (χ3n) is 3.61. The molecule has 0 unspecified atom stereocenters.